The average molecular weight is 321 g/mol. The summed E-state index contributed by atoms with van der Waals surface area (Å²) in [7, 11) is 0. The molecule has 22 heavy (non-hydrogen) atoms. The number of hydrogen-bond acceptors (Lipinski definition) is 6. The summed E-state index contributed by atoms with van der Waals surface area (Å²) in [6.45, 7) is 9.88. The summed E-state index contributed by atoms with van der Waals surface area (Å²) in [6.07, 6.45) is 1.05. The molecule has 2 aromatic heterocycles. The van der Waals surface area contributed by atoms with Crippen molar-refractivity contribution in [3.63, 3.8) is 0 Å². The Hall–Kier alpha value is -1.31. The van der Waals surface area contributed by atoms with E-state index in [1.807, 2.05) is 5.51 Å². The van der Waals surface area contributed by atoms with Crippen LogP contribution in [0.5, 0.6) is 0 Å². The Kier molecular flexibility index (Phi) is 4.85. The van der Waals surface area contributed by atoms with Crippen molar-refractivity contribution in [3.8, 4) is 0 Å². The number of ether oxygens (including phenoxy) is 1. The van der Waals surface area contributed by atoms with Crippen molar-refractivity contribution in [3.05, 3.63) is 27.7 Å². The van der Waals surface area contributed by atoms with E-state index in [0.717, 1.165) is 50.0 Å². The molecule has 1 saturated heterocycles. The van der Waals surface area contributed by atoms with Crippen molar-refractivity contribution in [1.29, 1.82) is 0 Å². The Morgan fingerprint density at radius 3 is 3.05 bits per heavy atom. The highest BCUT2D eigenvalue weighted by Gasteiger charge is 2.25. The second-order valence-electron chi connectivity index (χ2n) is 6.00. The van der Waals surface area contributed by atoms with Crippen molar-refractivity contribution in [2.24, 2.45) is 0 Å². The molecule has 0 radical (unpaired) electrons. The van der Waals surface area contributed by atoms with Gasteiger partial charge in [0.25, 0.3) is 0 Å². The summed E-state index contributed by atoms with van der Waals surface area (Å²) in [5.74, 6) is 2.04. The monoisotopic (exact) mass is 321 g/mol. The van der Waals surface area contributed by atoms with E-state index in [1.165, 1.54) is 4.88 Å². The third-order valence-corrected chi connectivity index (χ3v) is 4.99. The Labute approximate surface area is 134 Å². The maximum absolute atomic E-state index is 5.86. The van der Waals surface area contributed by atoms with Crippen LogP contribution < -0.4 is 0 Å². The molecule has 1 N–H and O–H groups in total. The average Bonchev–Trinajstić information content (AvgIpc) is 3.14. The van der Waals surface area contributed by atoms with Gasteiger partial charge >= 0.3 is 0 Å². The topological polar surface area (TPSA) is 66.9 Å². The maximum Gasteiger partial charge on any atom is 0.155 e. The molecule has 7 heteroatoms. The number of rotatable bonds is 5. The molecule has 6 nitrogen and oxygen atoms in total. The van der Waals surface area contributed by atoms with E-state index in [-0.39, 0.29) is 6.10 Å². The fraction of sp³-hybridized carbons (Fsp3) is 0.667. The third-order valence-electron chi connectivity index (χ3n) is 3.99. The zero-order valence-corrected chi connectivity index (χ0v) is 14.2. The lowest BCUT2D eigenvalue weighted by atomic mass is 10.2. The second kappa shape index (κ2) is 6.85. The fourth-order valence-corrected chi connectivity index (χ4v) is 3.36. The van der Waals surface area contributed by atoms with Crippen LogP contribution in [0.3, 0.4) is 0 Å². The molecular formula is C15H23N5OS. The third kappa shape index (κ3) is 3.53. The lowest BCUT2D eigenvalue weighted by Crippen LogP contribution is -2.39. The standard InChI is InChI=1S/C15H23N5OS/c1-10(2)14-17-15(19-18-14)12-8-20(6-7-21-12)5-4-13-11(3)16-9-22-13/h9-10,12H,4-8H2,1-3H3,(H,17,18,19)/t12-/m1/s1. The van der Waals surface area contributed by atoms with Gasteiger partial charge in [0.2, 0.25) is 0 Å². The Bertz CT molecular complexity index is 609. The summed E-state index contributed by atoms with van der Waals surface area (Å²) >= 11 is 1.74. The van der Waals surface area contributed by atoms with E-state index in [2.05, 4.69) is 45.8 Å². The summed E-state index contributed by atoms with van der Waals surface area (Å²) < 4.78 is 5.86. The van der Waals surface area contributed by atoms with Crippen LogP contribution in [-0.2, 0) is 11.2 Å². The summed E-state index contributed by atoms with van der Waals surface area (Å²) in [5.41, 5.74) is 3.08. The number of H-pyrrole nitrogens is 1. The summed E-state index contributed by atoms with van der Waals surface area (Å²) in [6, 6.07) is 0. The Morgan fingerprint density at radius 2 is 2.36 bits per heavy atom. The molecule has 0 unspecified atom stereocenters. The number of aromatic amines is 1. The van der Waals surface area contributed by atoms with Crippen LogP contribution >= 0.6 is 11.3 Å². The number of aryl methyl sites for hydroxylation is 1. The molecule has 0 aromatic carbocycles. The first-order valence-electron chi connectivity index (χ1n) is 7.78. The zero-order valence-electron chi connectivity index (χ0n) is 13.4. The number of nitrogens with one attached hydrogen (secondary N) is 1. The van der Waals surface area contributed by atoms with Gasteiger partial charge in [-0.25, -0.2) is 9.97 Å². The normalized spacial score (nSPS) is 19.9. The smallest absolute Gasteiger partial charge is 0.155 e. The van der Waals surface area contributed by atoms with Gasteiger partial charge in [0.15, 0.2) is 11.6 Å². The van der Waals surface area contributed by atoms with Crippen LogP contribution in [-0.4, -0.2) is 51.3 Å². The Morgan fingerprint density at radius 1 is 1.50 bits per heavy atom. The van der Waals surface area contributed by atoms with Gasteiger partial charge in [-0.2, -0.15) is 5.10 Å². The molecule has 0 saturated carbocycles. The molecule has 3 heterocycles. The molecule has 1 fully saturated rings. The van der Waals surface area contributed by atoms with Crippen molar-refractivity contribution in [1.82, 2.24) is 25.1 Å². The van der Waals surface area contributed by atoms with Gasteiger partial charge < -0.3 is 4.74 Å². The van der Waals surface area contributed by atoms with Crippen LogP contribution in [0.15, 0.2) is 5.51 Å². The first kappa shape index (κ1) is 15.6. The van der Waals surface area contributed by atoms with Crippen molar-refractivity contribution in [2.45, 2.75) is 39.2 Å². The molecular weight excluding hydrogens is 298 g/mol. The molecule has 1 aliphatic heterocycles. The predicted octanol–water partition coefficient (Wildman–Crippen LogP) is 2.31. The van der Waals surface area contributed by atoms with Crippen LogP contribution in [0, 0.1) is 6.92 Å². The van der Waals surface area contributed by atoms with E-state index in [1.54, 1.807) is 11.3 Å². The van der Waals surface area contributed by atoms with Gasteiger partial charge in [-0.1, -0.05) is 13.8 Å². The largest absolute Gasteiger partial charge is 0.368 e. The minimum absolute atomic E-state index is 0.00342. The molecule has 0 spiro atoms. The summed E-state index contributed by atoms with van der Waals surface area (Å²) in [4.78, 5) is 12.7. The van der Waals surface area contributed by atoms with Gasteiger partial charge in [-0.3, -0.25) is 10.00 Å². The zero-order chi connectivity index (χ0) is 15.5. The van der Waals surface area contributed by atoms with Crippen LogP contribution in [0.2, 0.25) is 0 Å². The minimum atomic E-state index is -0.00342. The van der Waals surface area contributed by atoms with Gasteiger partial charge in [0, 0.05) is 30.4 Å². The SMILES string of the molecule is Cc1ncsc1CCN1CCO[C@@H](c2nc(C(C)C)n[nH]2)C1. The van der Waals surface area contributed by atoms with E-state index in [4.69, 9.17) is 4.74 Å². The van der Waals surface area contributed by atoms with E-state index in [0.29, 0.717) is 5.92 Å². The van der Waals surface area contributed by atoms with Crippen LogP contribution in [0.25, 0.3) is 0 Å². The molecule has 2 aromatic rings. The van der Waals surface area contributed by atoms with Crippen molar-refractivity contribution in [2.75, 3.05) is 26.2 Å². The van der Waals surface area contributed by atoms with Gasteiger partial charge in [0.1, 0.15) is 6.10 Å². The van der Waals surface area contributed by atoms with Gasteiger partial charge in [0.05, 0.1) is 17.8 Å². The van der Waals surface area contributed by atoms with Crippen molar-refractivity contribution >= 4 is 11.3 Å². The lowest BCUT2D eigenvalue weighted by molar-refractivity contribution is -0.0337. The second-order valence-corrected chi connectivity index (χ2v) is 6.94. The first-order valence-corrected chi connectivity index (χ1v) is 8.66. The number of aromatic nitrogens is 4. The number of morpholine rings is 1. The highest BCUT2D eigenvalue weighted by Crippen LogP contribution is 2.21. The lowest BCUT2D eigenvalue weighted by Gasteiger charge is -2.31. The molecule has 120 valence electrons. The number of nitrogens with zero attached hydrogens (tertiary/aromatic N) is 4. The van der Waals surface area contributed by atoms with Gasteiger partial charge in [-0.05, 0) is 13.3 Å². The molecule has 0 amide bonds. The number of hydrogen-bond donors (Lipinski definition) is 1. The fourth-order valence-electron chi connectivity index (χ4n) is 2.59. The van der Waals surface area contributed by atoms with E-state index < -0.39 is 0 Å². The van der Waals surface area contributed by atoms with Crippen LogP contribution in [0.4, 0.5) is 0 Å². The highest BCUT2D eigenvalue weighted by molar-refractivity contribution is 7.09. The molecule has 3 rings (SSSR count). The molecule has 0 aliphatic carbocycles. The Balaban J connectivity index is 1.57. The van der Waals surface area contributed by atoms with Crippen LogP contribution in [0.1, 0.15) is 48.1 Å². The van der Waals surface area contributed by atoms with E-state index >= 15 is 0 Å². The first-order chi connectivity index (χ1) is 10.6. The molecule has 1 atom stereocenters. The molecule has 0 bridgehead atoms. The highest BCUT2D eigenvalue weighted by atomic mass is 32.1. The number of thiazole rings is 1. The predicted molar refractivity (Wildman–Crippen MR) is 86.2 cm³/mol. The quantitative estimate of drug-likeness (QED) is 0.915. The summed E-state index contributed by atoms with van der Waals surface area (Å²) in [5, 5.41) is 7.31. The van der Waals surface area contributed by atoms with Crippen molar-refractivity contribution < 1.29 is 4.74 Å². The molecule has 1 aliphatic rings. The van der Waals surface area contributed by atoms with Gasteiger partial charge in [-0.15, -0.1) is 11.3 Å². The minimum Gasteiger partial charge on any atom is -0.368 e. The van der Waals surface area contributed by atoms with E-state index in [9.17, 15) is 0 Å². The maximum atomic E-state index is 5.86.